The first kappa shape index (κ1) is 27.0. The molecule has 0 unspecified atom stereocenters. The van der Waals surface area contributed by atoms with E-state index in [0.717, 1.165) is 31.0 Å². The van der Waals surface area contributed by atoms with Gasteiger partial charge in [0.1, 0.15) is 5.60 Å². The molecule has 10 nitrogen and oxygen atoms in total. The Kier molecular flexibility index (Phi) is 8.84. The highest BCUT2D eigenvalue weighted by Crippen LogP contribution is 2.50. The topological polar surface area (TPSA) is 168 Å². The van der Waals surface area contributed by atoms with Crippen LogP contribution in [-0.4, -0.2) is 78.6 Å². The Morgan fingerprint density at radius 1 is 1.00 bits per heavy atom. The molecule has 0 radical (unpaired) electrons. The van der Waals surface area contributed by atoms with Crippen molar-refractivity contribution in [3.05, 3.63) is 30.1 Å². The molecule has 3 atom stereocenters. The van der Waals surface area contributed by atoms with Gasteiger partial charge in [0.05, 0.1) is 18.5 Å². The number of hydrogen-bond acceptors (Lipinski definition) is 7. The van der Waals surface area contributed by atoms with Gasteiger partial charge in [-0.3, -0.25) is 14.6 Å². The smallest absolute Gasteiger partial charge is 0.336 e. The summed E-state index contributed by atoms with van der Waals surface area (Å²) < 4.78 is 0. The number of carboxylic acid groups (broad SMARTS) is 3. The highest BCUT2D eigenvalue weighted by molar-refractivity contribution is 5.88. The van der Waals surface area contributed by atoms with Crippen LogP contribution in [0, 0.1) is 17.8 Å². The van der Waals surface area contributed by atoms with E-state index >= 15 is 0 Å². The Hall–Kier alpha value is -2.56. The molecule has 35 heavy (non-hydrogen) atoms. The Labute approximate surface area is 204 Å². The van der Waals surface area contributed by atoms with Crippen molar-refractivity contribution < 1.29 is 39.9 Å². The minimum Gasteiger partial charge on any atom is -0.481 e. The van der Waals surface area contributed by atoms with Crippen LogP contribution >= 0.6 is 0 Å². The summed E-state index contributed by atoms with van der Waals surface area (Å²) in [6, 6.07) is 5.94. The zero-order valence-electron chi connectivity index (χ0n) is 19.9. The van der Waals surface area contributed by atoms with Gasteiger partial charge in [-0.15, -0.1) is 0 Å². The molecular weight excluding hydrogens is 456 g/mol. The fraction of sp³-hybridized carbons (Fsp3) is 0.680. The fourth-order valence-electron chi connectivity index (χ4n) is 5.92. The van der Waals surface area contributed by atoms with Crippen molar-refractivity contribution in [3.8, 4) is 0 Å². The van der Waals surface area contributed by atoms with Gasteiger partial charge in [-0.1, -0.05) is 25.3 Å². The first-order valence-corrected chi connectivity index (χ1v) is 12.3. The predicted octanol–water partition coefficient (Wildman–Crippen LogP) is 1.94. The average molecular weight is 493 g/mol. The summed E-state index contributed by atoms with van der Waals surface area (Å²) in [5.41, 5.74) is -2.53. The molecule has 10 heteroatoms. The Balaban J connectivity index is 0.000000228. The minimum atomic E-state index is -2.74. The van der Waals surface area contributed by atoms with Crippen LogP contribution in [0.3, 0.4) is 0 Å². The van der Waals surface area contributed by atoms with Gasteiger partial charge in [-0.25, -0.2) is 4.79 Å². The number of likely N-dealkylation sites (tertiary alicyclic amines) is 1. The van der Waals surface area contributed by atoms with Crippen LogP contribution < -0.4 is 0 Å². The van der Waals surface area contributed by atoms with Gasteiger partial charge in [-0.05, 0) is 49.7 Å². The van der Waals surface area contributed by atoms with Crippen molar-refractivity contribution in [1.82, 2.24) is 9.88 Å². The SMILES string of the molecule is O=C(O)CC(O)(CC(=O)O)C(=O)O.O[C@@]1(c2ccccn2)CC[C@H]2CN(CC3CCCCC3)C[C@H]21. The van der Waals surface area contributed by atoms with Crippen LogP contribution in [0.15, 0.2) is 24.4 Å². The van der Waals surface area contributed by atoms with Crippen LogP contribution in [0.4, 0.5) is 0 Å². The molecule has 3 fully saturated rings. The lowest BCUT2D eigenvalue weighted by atomic mass is 9.85. The molecule has 2 heterocycles. The number of aromatic nitrogens is 1. The quantitative estimate of drug-likeness (QED) is 0.361. The van der Waals surface area contributed by atoms with Crippen LogP contribution in [0.2, 0.25) is 0 Å². The molecule has 5 N–H and O–H groups in total. The summed E-state index contributed by atoms with van der Waals surface area (Å²) >= 11 is 0. The molecule has 1 saturated heterocycles. The van der Waals surface area contributed by atoms with Gasteiger partial charge >= 0.3 is 17.9 Å². The van der Waals surface area contributed by atoms with Crippen molar-refractivity contribution >= 4 is 17.9 Å². The van der Waals surface area contributed by atoms with Crippen LogP contribution in [-0.2, 0) is 20.0 Å². The van der Waals surface area contributed by atoms with E-state index in [1.54, 1.807) is 0 Å². The van der Waals surface area contributed by atoms with Crippen LogP contribution in [0.5, 0.6) is 0 Å². The molecule has 1 aromatic heterocycles. The monoisotopic (exact) mass is 492 g/mol. The molecule has 4 rings (SSSR count). The van der Waals surface area contributed by atoms with Gasteiger partial charge in [0.25, 0.3) is 0 Å². The number of aliphatic carboxylic acids is 3. The molecule has 194 valence electrons. The molecule has 3 aliphatic rings. The number of pyridine rings is 1. The number of carboxylic acids is 3. The summed E-state index contributed by atoms with van der Waals surface area (Å²) in [4.78, 5) is 37.6. The molecule has 0 aromatic carbocycles. The maximum Gasteiger partial charge on any atom is 0.336 e. The second kappa shape index (κ2) is 11.5. The van der Waals surface area contributed by atoms with E-state index in [4.69, 9.17) is 20.4 Å². The third-order valence-corrected chi connectivity index (χ3v) is 7.66. The van der Waals surface area contributed by atoms with Gasteiger partial charge in [0, 0.05) is 31.7 Å². The van der Waals surface area contributed by atoms with Crippen molar-refractivity contribution in [2.75, 3.05) is 19.6 Å². The Bertz CT molecular complexity index is 873. The maximum atomic E-state index is 11.3. The minimum absolute atomic E-state index is 0.381. The average Bonchev–Trinajstić information content (AvgIpc) is 3.34. The number of carbonyl (C=O) groups is 3. The van der Waals surface area contributed by atoms with Gasteiger partial charge < -0.3 is 30.4 Å². The zero-order chi connectivity index (χ0) is 25.6. The van der Waals surface area contributed by atoms with Crippen LogP contribution in [0.1, 0.15) is 63.5 Å². The van der Waals surface area contributed by atoms with Gasteiger partial charge in [0.15, 0.2) is 5.60 Å². The molecule has 0 bridgehead atoms. The zero-order valence-corrected chi connectivity index (χ0v) is 19.9. The van der Waals surface area contributed by atoms with Crippen molar-refractivity contribution in [2.24, 2.45) is 17.8 Å². The number of hydrogen-bond donors (Lipinski definition) is 5. The van der Waals surface area contributed by atoms with E-state index in [1.165, 1.54) is 45.2 Å². The maximum absolute atomic E-state index is 11.3. The van der Waals surface area contributed by atoms with E-state index in [2.05, 4.69) is 9.88 Å². The number of fused-ring (bicyclic) bond motifs is 1. The third-order valence-electron chi connectivity index (χ3n) is 7.66. The molecule has 1 aromatic rings. The fourth-order valence-corrected chi connectivity index (χ4v) is 5.92. The van der Waals surface area contributed by atoms with Crippen molar-refractivity contribution in [1.29, 1.82) is 0 Å². The number of rotatable bonds is 8. The van der Waals surface area contributed by atoms with Gasteiger partial charge in [0.2, 0.25) is 0 Å². The Morgan fingerprint density at radius 3 is 2.20 bits per heavy atom. The van der Waals surface area contributed by atoms with Crippen molar-refractivity contribution in [2.45, 2.75) is 69.0 Å². The van der Waals surface area contributed by atoms with Crippen LogP contribution in [0.25, 0.3) is 0 Å². The molecule has 2 saturated carbocycles. The van der Waals surface area contributed by atoms with Crippen molar-refractivity contribution in [3.63, 3.8) is 0 Å². The number of nitrogens with zero attached hydrogens (tertiary/aromatic N) is 2. The summed E-state index contributed by atoms with van der Waals surface area (Å²) in [6.45, 7) is 3.51. The predicted molar refractivity (Wildman–Crippen MR) is 124 cm³/mol. The Morgan fingerprint density at radius 2 is 1.66 bits per heavy atom. The second-order valence-corrected chi connectivity index (χ2v) is 10.2. The lowest BCUT2D eigenvalue weighted by molar-refractivity contribution is -0.170. The summed E-state index contributed by atoms with van der Waals surface area (Å²) in [5, 5.41) is 45.1. The third kappa shape index (κ3) is 6.77. The number of aliphatic hydroxyl groups is 2. The highest BCUT2D eigenvalue weighted by Gasteiger charge is 2.53. The first-order valence-electron chi connectivity index (χ1n) is 12.3. The lowest BCUT2D eigenvalue weighted by Gasteiger charge is -2.31. The summed E-state index contributed by atoms with van der Waals surface area (Å²) in [5.74, 6) is -3.08. The summed E-state index contributed by atoms with van der Waals surface area (Å²) in [6.07, 6.45) is 8.66. The van der Waals surface area contributed by atoms with E-state index in [-0.39, 0.29) is 0 Å². The first-order chi connectivity index (χ1) is 16.5. The highest BCUT2D eigenvalue weighted by atomic mass is 16.4. The van der Waals surface area contributed by atoms with E-state index in [9.17, 15) is 19.5 Å². The normalized spacial score (nSPS) is 27.0. The second-order valence-electron chi connectivity index (χ2n) is 10.2. The van der Waals surface area contributed by atoms with E-state index in [1.807, 2.05) is 24.4 Å². The van der Waals surface area contributed by atoms with E-state index in [0.29, 0.717) is 11.8 Å². The lowest BCUT2D eigenvalue weighted by Crippen LogP contribution is -2.42. The largest absolute Gasteiger partial charge is 0.481 e. The molecule has 2 aliphatic carbocycles. The standard InChI is InChI=1S/C19H28N2O.C6H8O7/c22-19(18-8-4-5-11-20-18)10-9-16-13-21(14-17(16)19)12-15-6-2-1-3-7-15;7-3(8)1-6(13,5(11)12)2-4(9)10/h4-5,8,11,15-17,22H,1-3,6-7,9-10,12-14H2;13H,1-2H2,(H,7,8)(H,9,10)(H,11,12)/t16-,17+,19-;/m0./s1. The van der Waals surface area contributed by atoms with E-state index < -0.39 is 42.0 Å². The molecule has 0 amide bonds. The molecule has 1 aliphatic heterocycles. The summed E-state index contributed by atoms with van der Waals surface area (Å²) in [7, 11) is 0. The molecule has 0 spiro atoms. The molecular formula is C25H36N2O8. The van der Waals surface area contributed by atoms with Gasteiger partial charge in [-0.2, -0.15) is 0 Å².